The highest BCUT2D eigenvalue weighted by molar-refractivity contribution is 7.89. The average molecular weight is 299 g/mol. The molecule has 0 amide bonds. The number of piperidine rings is 1. The molecule has 7 heteroatoms. The van der Waals surface area contributed by atoms with Gasteiger partial charge in [0.15, 0.2) is 0 Å². The van der Waals surface area contributed by atoms with Crippen LogP contribution in [0.4, 0.5) is 0 Å². The van der Waals surface area contributed by atoms with E-state index in [2.05, 4.69) is 4.98 Å². The summed E-state index contributed by atoms with van der Waals surface area (Å²) in [4.78, 5) is 5.90. The molecular formula is C13H21N3O3S. The lowest BCUT2D eigenvalue weighted by Crippen LogP contribution is -2.54. The molecule has 1 aromatic heterocycles. The van der Waals surface area contributed by atoms with Gasteiger partial charge in [0.1, 0.15) is 4.90 Å². The van der Waals surface area contributed by atoms with Crippen LogP contribution in [0.3, 0.4) is 0 Å². The Bertz CT molecular complexity index is 547. The Morgan fingerprint density at radius 1 is 1.50 bits per heavy atom. The molecule has 1 atom stereocenters. The van der Waals surface area contributed by atoms with Gasteiger partial charge in [-0.3, -0.25) is 4.98 Å². The molecule has 0 aromatic carbocycles. The first-order chi connectivity index (χ1) is 9.33. The topological polar surface area (TPSA) is 73.7 Å². The van der Waals surface area contributed by atoms with Crippen molar-refractivity contribution in [1.82, 2.24) is 14.2 Å². The van der Waals surface area contributed by atoms with Crippen molar-refractivity contribution in [2.45, 2.75) is 23.3 Å². The molecule has 1 fully saturated rings. The average Bonchev–Trinajstić information content (AvgIpc) is 2.38. The molecule has 0 spiro atoms. The van der Waals surface area contributed by atoms with E-state index in [0.29, 0.717) is 25.9 Å². The van der Waals surface area contributed by atoms with Gasteiger partial charge in [-0.2, -0.15) is 4.31 Å². The van der Waals surface area contributed by atoms with E-state index in [1.807, 2.05) is 19.0 Å². The number of nitrogens with zero attached hydrogens (tertiary/aromatic N) is 3. The maximum Gasteiger partial charge on any atom is 0.244 e. The summed E-state index contributed by atoms with van der Waals surface area (Å²) in [5, 5.41) is 10.6. The molecule has 20 heavy (non-hydrogen) atoms. The van der Waals surface area contributed by atoms with Crippen molar-refractivity contribution in [2.24, 2.45) is 0 Å². The van der Waals surface area contributed by atoms with Crippen LogP contribution in [0.25, 0.3) is 0 Å². The summed E-state index contributed by atoms with van der Waals surface area (Å²) in [6.45, 7) is 1.02. The summed E-state index contributed by atoms with van der Waals surface area (Å²) in [5.41, 5.74) is -0.989. The first-order valence-electron chi connectivity index (χ1n) is 6.61. The van der Waals surface area contributed by atoms with E-state index >= 15 is 0 Å². The fraction of sp³-hybridized carbons (Fsp3) is 0.615. The number of β-amino-alcohol motifs (C(OH)–C–C–N with tert-alkyl or cyclic N) is 1. The van der Waals surface area contributed by atoms with Crippen LogP contribution in [0.2, 0.25) is 0 Å². The standard InChI is InChI=1S/C13H21N3O3S/c1-15(2)10-13(17)6-4-8-16(11-13)20(18,19)12-5-3-7-14-9-12/h3,5,7,9,17H,4,6,8,10-11H2,1-2H3. The van der Waals surface area contributed by atoms with Crippen LogP contribution in [-0.4, -0.2) is 67.0 Å². The van der Waals surface area contributed by atoms with Crippen LogP contribution >= 0.6 is 0 Å². The summed E-state index contributed by atoms with van der Waals surface area (Å²) in [6.07, 6.45) is 4.15. The van der Waals surface area contributed by atoms with Gasteiger partial charge in [0, 0.05) is 32.0 Å². The van der Waals surface area contributed by atoms with E-state index in [-0.39, 0.29) is 11.4 Å². The lowest BCUT2D eigenvalue weighted by atomic mass is 9.94. The summed E-state index contributed by atoms with van der Waals surface area (Å²) < 4.78 is 26.4. The molecule has 0 bridgehead atoms. The SMILES string of the molecule is CN(C)CC1(O)CCCN(S(=O)(=O)c2cccnc2)C1. The number of hydrogen-bond donors (Lipinski definition) is 1. The van der Waals surface area contributed by atoms with E-state index in [1.54, 1.807) is 6.07 Å². The minimum Gasteiger partial charge on any atom is -0.387 e. The molecular weight excluding hydrogens is 278 g/mol. The number of hydrogen-bond acceptors (Lipinski definition) is 5. The number of likely N-dealkylation sites (N-methyl/N-ethyl adjacent to an activating group) is 1. The van der Waals surface area contributed by atoms with Gasteiger partial charge in [0.2, 0.25) is 10.0 Å². The fourth-order valence-corrected chi connectivity index (χ4v) is 4.16. The fourth-order valence-electron chi connectivity index (χ4n) is 2.64. The number of aliphatic hydroxyl groups is 1. The van der Waals surface area contributed by atoms with Crippen molar-refractivity contribution in [3.05, 3.63) is 24.5 Å². The van der Waals surface area contributed by atoms with Crippen molar-refractivity contribution < 1.29 is 13.5 Å². The zero-order valence-corrected chi connectivity index (χ0v) is 12.7. The number of sulfonamides is 1. The third kappa shape index (κ3) is 3.35. The highest BCUT2D eigenvalue weighted by atomic mass is 32.2. The van der Waals surface area contributed by atoms with E-state index in [9.17, 15) is 13.5 Å². The quantitative estimate of drug-likeness (QED) is 0.857. The number of pyridine rings is 1. The summed E-state index contributed by atoms with van der Waals surface area (Å²) >= 11 is 0. The molecule has 1 aromatic rings. The lowest BCUT2D eigenvalue weighted by molar-refractivity contribution is -0.0257. The van der Waals surface area contributed by atoms with Gasteiger partial charge in [-0.1, -0.05) is 0 Å². The van der Waals surface area contributed by atoms with Gasteiger partial charge in [0.05, 0.1) is 5.60 Å². The van der Waals surface area contributed by atoms with Crippen molar-refractivity contribution in [2.75, 3.05) is 33.7 Å². The van der Waals surface area contributed by atoms with Crippen molar-refractivity contribution in [3.8, 4) is 0 Å². The predicted octanol–water partition coefficient (Wildman–Crippen LogP) is 0.159. The molecule has 0 saturated carbocycles. The maximum absolute atomic E-state index is 12.5. The smallest absolute Gasteiger partial charge is 0.244 e. The highest BCUT2D eigenvalue weighted by Gasteiger charge is 2.38. The van der Waals surface area contributed by atoms with E-state index in [1.165, 1.54) is 22.8 Å². The zero-order valence-electron chi connectivity index (χ0n) is 11.9. The predicted molar refractivity (Wildman–Crippen MR) is 75.7 cm³/mol. The van der Waals surface area contributed by atoms with Gasteiger partial charge in [-0.15, -0.1) is 0 Å². The van der Waals surface area contributed by atoms with Crippen LogP contribution in [0, 0.1) is 0 Å². The van der Waals surface area contributed by atoms with Crippen molar-refractivity contribution in [1.29, 1.82) is 0 Å². The van der Waals surface area contributed by atoms with Crippen LogP contribution in [0.5, 0.6) is 0 Å². The van der Waals surface area contributed by atoms with Crippen molar-refractivity contribution >= 4 is 10.0 Å². The molecule has 0 aliphatic carbocycles. The lowest BCUT2D eigenvalue weighted by Gasteiger charge is -2.39. The Hall–Kier alpha value is -1.02. The highest BCUT2D eigenvalue weighted by Crippen LogP contribution is 2.26. The molecule has 1 unspecified atom stereocenters. The molecule has 6 nitrogen and oxygen atoms in total. The first kappa shape index (κ1) is 15.4. The molecule has 1 N–H and O–H groups in total. The van der Waals surface area contributed by atoms with E-state index in [0.717, 1.165) is 0 Å². The summed E-state index contributed by atoms with van der Waals surface area (Å²) in [5.74, 6) is 0. The molecule has 112 valence electrons. The number of aromatic nitrogens is 1. The van der Waals surface area contributed by atoms with Crippen LogP contribution in [0.1, 0.15) is 12.8 Å². The second-order valence-electron chi connectivity index (χ2n) is 5.59. The molecule has 0 radical (unpaired) electrons. The Labute approximate surface area is 120 Å². The minimum atomic E-state index is -3.58. The third-order valence-electron chi connectivity index (χ3n) is 3.40. The van der Waals surface area contributed by atoms with Crippen molar-refractivity contribution in [3.63, 3.8) is 0 Å². The molecule has 1 aliphatic rings. The second-order valence-corrected chi connectivity index (χ2v) is 7.53. The van der Waals surface area contributed by atoms with Gasteiger partial charge in [-0.25, -0.2) is 8.42 Å². The minimum absolute atomic E-state index is 0.127. The Kier molecular flexibility index (Phi) is 4.43. The van der Waals surface area contributed by atoms with E-state index < -0.39 is 15.6 Å². The van der Waals surface area contributed by atoms with Gasteiger partial charge in [-0.05, 0) is 39.1 Å². The Morgan fingerprint density at radius 2 is 2.25 bits per heavy atom. The van der Waals surface area contributed by atoms with Gasteiger partial charge < -0.3 is 10.0 Å². The molecule has 2 heterocycles. The number of rotatable bonds is 4. The third-order valence-corrected chi connectivity index (χ3v) is 5.23. The molecule has 1 aliphatic heterocycles. The molecule has 2 rings (SSSR count). The Balaban J connectivity index is 2.21. The first-order valence-corrected chi connectivity index (χ1v) is 8.05. The van der Waals surface area contributed by atoms with Crippen LogP contribution in [-0.2, 0) is 10.0 Å². The monoisotopic (exact) mass is 299 g/mol. The Morgan fingerprint density at radius 3 is 2.85 bits per heavy atom. The van der Waals surface area contributed by atoms with Crippen LogP contribution in [0.15, 0.2) is 29.4 Å². The molecule has 1 saturated heterocycles. The largest absolute Gasteiger partial charge is 0.387 e. The normalized spacial score (nSPS) is 25.0. The van der Waals surface area contributed by atoms with Crippen LogP contribution < -0.4 is 0 Å². The summed E-state index contributed by atoms with van der Waals surface area (Å²) in [6, 6.07) is 3.13. The summed E-state index contributed by atoms with van der Waals surface area (Å²) in [7, 11) is 0.159. The zero-order chi connectivity index (χ0) is 14.8. The second kappa shape index (κ2) is 5.77. The van der Waals surface area contributed by atoms with Gasteiger partial charge >= 0.3 is 0 Å². The maximum atomic E-state index is 12.5. The van der Waals surface area contributed by atoms with Gasteiger partial charge in [0.25, 0.3) is 0 Å². The van der Waals surface area contributed by atoms with E-state index in [4.69, 9.17) is 0 Å².